The molecule has 0 radical (unpaired) electrons. The highest BCUT2D eigenvalue weighted by Crippen LogP contribution is 2.27. The van der Waals surface area contributed by atoms with Crippen molar-refractivity contribution in [2.75, 3.05) is 38.7 Å². The summed E-state index contributed by atoms with van der Waals surface area (Å²) in [5.41, 5.74) is 3.65. The summed E-state index contributed by atoms with van der Waals surface area (Å²) in [6, 6.07) is 19.7. The molecule has 2 heterocycles. The molecule has 1 atom stereocenters. The van der Waals surface area contributed by atoms with E-state index in [1.165, 1.54) is 0 Å². The normalized spacial score (nSPS) is 15.4. The van der Waals surface area contributed by atoms with E-state index < -0.39 is 0 Å². The molecule has 0 N–H and O–H groups in total. The first-order valence-corrected chi connectivity index (χ1v) is 13.2. The van der Waals surface area contributed by atoms with E-state index in [0.29, 0.717) is 36.2 Å². The lowest BCUT2D eigenvalue weighted by molar-refractivity contribution is -0.149. The van der Waals surface area contributed by atoms with Crippen LogP contribution < -0.4 is 4.90 Å². The molecular formula is C28H32N4O3S. The number of hydrogen-bond acceptors (Lipinski definition) is 7. The second-order valence-electron chi connectivity index (χ2n) is 8.98. The molecule has 1 aromatic heterocycles. The highest BCUT2D eigenvalue weighted by Gasteiger charge is 2.29. The first-order valence-electron chi connectivity index (χ1n) is 12.2. The predicted molar refractivity (Wildman–Crippen MR) is 143 cm³/mol. The Bertz CT molecular complexity index is 1190. The number of esters is 1. The van der Waals surface area contributed by atoms with Gasteiger partial charge in [0.15, 0.2) is 5.16 Å². The van der Waals surface area contributed by atoms with Gasteiger partial charge in [0, 0.05) is 50.1 Å². The number of hydrogen-bond donors (Lipinski definition) is 0. The zero-order valence-corrected chi connectivity index (χ0v) is 21.8. The third-order valence-electron chi connectivity index (χ3n) is 6.12. The zero-order chi connectivity index (χ0) is 25.5. The van der Waals surface area contributed by atoms with E-state index in [1.54, 1.807) is 23.6 Å². The van der Waals surface area contributed by atoms with Gasteiger partial charge in [-0.1, -0.05) is 54.2 Å². The molecular weight excluding hydrogens is 472 g/mol. The summed E-state index contributed by atoms with van der Waals surface area (Å²) in [5.74, 6) is 1.05. The smallest absolute Gasteiger partial charge is 0.310 e. The van der Waals surface area contributed by atoms with Crippen LogP contribution in [0.5, 0.6) is 0 Å². The number of benzene rings is 2. The number of aromatic nitrogens is 2. The van der Waals surface area contributed by atoms with E-state index >= 15 is 0 Å². The van der Waals surface area contributed by atoms with Gasteiger partial charge in [-0.25, -0.2) is 9.97 Å². The molecule has 1 fully saturated rings. The number of ether oxygens (including phenoxy) is 1. The van der Waals surface area contributed by atoms with Gasteiger partial charge >= 0.3 is 5.97 Å². The van der Waals surface area contributed by atoms with E-state index in [9.17, 15) is 9.59 Å². The summed E-state index contributed by atoms with van der Waals surface area (Å²) >= 11 is 1.57. The highest BCUT2D eigenvalue weighted by molar-refractivity contribution is 7.98. The minimum absolute atomic E-state index is 0.0438. The van der Waals surface area contributed by atoms with Crippen molar-refractivity contribution in [2.45, 2.75) is 30.7 Å². The van der Waals surface area contributed by atoms with Crippen molar-refractivity contribution in [3.05, 3.63) is 71.8 Å². The minimum Gasteiger partial charge on any atom is -0.466 e. The summed E-state index contributed by atoms with van der Waals surface area (Å²) < 4.78 is 5.15. The number of piperidine rings is 1. The van der Waals surface area contributed by atoms with Gasteiger partial charge in [0.05, 0.1) is 18.2 Å². The van der Waals surface area contributed by atoms with E-state index in [0.717, 1.165) is 35.5 Å². The maximum absolute atomic E-state index is 13.0. The van der Waals surface area contributed by atoms with E-state index in [2.05, 4.69) is 0 Å². The second-order valence-corrected chi connectivity index (χ2v) is 9.92. The van der Waals surface area contributed by atoms with Gasteiger partial charge in [0.25, 0.3) is 5.91 Å². The minimum atomic E-state index is -0.239. The molecule has 0 aliphatic carbocycles. The van der Waals surface area contributed by atoms with Gasteiger partial charge in [-0.3, -0.25) is 9.59 Å². The summed E-state index contributed by atoms with van der Waals surface area (Å²) in [4.78, 5) is 38.4. The number of carbonyl (C=O) groups excluding carboxylic acids is 2. The standard InChI is InChI=1S/C28H32N4O3S/c1-4-35-27(34)23-11-8-16-32(18-23)26(33)22-14-12-20(13-15-22)19-36-28-29-24(17-25(30-28)31(2)3)21-9-6-5-7-10-21/h5-7,9-10,12-15,17,23H,4,8,11,16,18-19H2,1-3H3. The van der Waals surface area contributed by atoms with Crippen LogP contribution in [0, 0.1) is 5.92 Å². The highest BCUT2D eigenvalue weighted by atomic mass is 32.2. The Balaban J connectivity index is 1.41. The lowest BCUT2D eigenvalue weighted by atomic mass is 9.97. The largest absolute Gasteiger partial charge is 0.466 e. The maximum Gasteiger partial charge on any atom is 0.310 e. The zero-order valence-electron chi connectivity index (χ0n) is 21.0. The molecule has 8 heteroatoms. The number of carbonyl (C=O) groups is 2. The molecule has 1 aliphatic rings. The summed E-state index contributed by atoms with van der Waals surface area (Å²) in [7, 11) is 3.94. The van der Waals surface area contributed by atoms with E-state index in [4.69, 9.17) is 14.7 Å². The van der Waals surface area contributed by atoms with Crippen LogP contribution in [0.1, 0.15) is 35.7 Å². The van der Waals surface area contributed by atoms with Gasteiger partial charge in [0.2, 0.25) is 0 Å². The molecule has 7 nitrogen and oxygen atoms in total. The van der Waals surface area contributed by atoms with Gasteiger partial charge in [-0.15, -0.1) is 0 Å². The van der Waals surface area contributed by atoms with Crippen molar-refractivity contribution in [1.29, 1.82) is 0 Å². The molecule has 188 valence electrons. The summed E-state index contributed by atoms with van der Waals surface area (Å²) in [5, 5.41) is 0.707. The van der Waals surface area contributed by atoms with Crippen LogP contribution in [0.15, 0.2) is 65.8 Å². The molecule has 2 aromatic carbocycles. The molecule has 0 spiro atoms. The van der Waals surface area contributed by atoms with Crippen LogP contribution in [0.2, 0.25) is 0 Å². The Morgan fingerprint density at radius 2 is 1.83 bits per heavy atom. The Hall–Kier alpha value is -3.39. The maximum atomic E-state index is 13.0. The van der Waals surface area contributed by atoms with Gasteiger partial charge in [-0.05, 0) is 37.5 Å². The second kappa shape index (κ2) is 12.0. The number of amides is 1. The Kier molecular flexibility index (Phi) is 8.59. The molecule has 1 saturated heterocycles. The van der Waals surface area contributed by atoms with Crippen LogP contribution in [0.25, 0.3) is 11.3 Å². The van der Waals surface area contributed by atoms with E-state index in [1.807, 2.05) is 79.7 Å². The topological polar surface area (TPSA) is 75.6 Å². The van der Waals surface area contributed by atoms with E-state index in [-0.39, 0.29) is 17.8 Å². The van der Waals surface area contributed by atoms with Crippen molar-refractivity contribution < 1.29 is 14.3 Å². The Morgan fingerprint density at radius 3 is 2.53 bits per heavy atom. The molecule has 0 bridgehead atoms. The lowest BCUT2D eigenvalue weighted by Crippen LogP contribution is -2.42. The quantitative estimate of drug-likeness (QED) is 0.245. The number of likely N-dealkylation sites (tertiary alicyclic amines) is 1. The Morgan fingerprint density at radius 1 is 1.08 bits per heavy atom. The molecule has 1 unspecified atom stereocenters. The fraction of sp³-hybridized carbons (Fsp3) is 0.357. The predicted octanol–water partition coefficient (Wildman–Crippen LogP) is 4.92. The van der Waals surface area contributed by atoms with Gasteiger partial charge in [0.1, 0.15) is 5.82 Å². The van der Waals surface area contributed by atoms with Crippen molar-refractivity contribution in [1.82, 2.24) is 14.9 Å². The number of anilines is 1. The fourth-order valence-corrected chi connectivity index (χ4v) is 4.96. The third kappa shape index (κ3) is 6.43. The molecule has 1 amide bonds. The van der Waals surface area contributed by atoms with Crippen LogP contribution in [-0.4, -0.2) is 60.5 Å². The molecule has 36 heavy (non-hydrogen) atoms. The van der Waals surface area contributed by atoms with Crippen LogP contribution in [-0.2, 0) is 15.3 Å². The lowest BCUT2D eigenvalue weighted by Gasteiger charge is -2.31. The molecule has 4 rings (SSSR count). The van der Waals surface area contributed by atoms with Crippen molar-refractivity contribution in [3.63, 3.8) is 0 Å². The average Bonchev–Trinajstić information content (AvgIpc) is 2.92. The van der Waals surface area contributed by atoms with Gasteiger partial charge in [-0.2, -0.15) is 0 Å². The molecule has 1 aliphatic heterocycles. The molecule has 3 aromatic rings. The third-order valence-corrected chi connectivity index (χ3v) is 7.04. The first-order chi connectivity index (χ1) is 17.4. The SMILES string of the molecule is CCOC(=O)C1CCCN(C(=O)c2ccc(CSc3nc(-c4ccccc4)cc(N(C)C)n3)cc2)C1. The summed E-state index contributed by atoms with van der Waals surface area (Å²) in [6.45, 7) is 3.24. The van der Waals surface area contributed by atoms with Crippen LogP contribution in [0.3, 0.4) is 0 Å². The Labute approximate surface area is 216 Å². The number of rotatable bonds is 8. The summed E-state index contributed by atoms with van der Waals surface area (Å²) in [6.07, 6.45) is 1.57. The fourth-order valence-electron chi connectivity index (χ4n) is 4.15. The van der Waals surface area contributed by atoms with Crippen LogP contribution >= 0.6 is 11.8 Å². The van der Waals surface area contributed by atoms with Gasteiger partial charge < -0.3 is 14.5 Å². The van der Waals surface area contributed by atoms with Crippen LogP contribution in [0.4, 0.5) is 5.82 Å². The van der Waals surface area contributed by atoms with Crippen molar-refractivity contribution in [3.8, 4) is 11.3 Å². The van der Waals surface area contributed by atoms with Crippen molar-refractivity contribution in [2.24, 2.45) is 5.92 Å². The number of thioether (sulfide) groups is 1. The molecule has 0 saturated carbocycles. The van der Waals surface area contributed by atoms with Crippen molar-refractivity contribution >= 4 is 29.5 Å². The first kappa shape index (κ1) is 25.7. The number of nitrogens with zero attached hydrogens (tertiary/aromatic N) is 4. The monoisotopic (exact) mass is 504 g/mol. The average molecular weight is 505 g/mol.